The second kappa shape index (κ2) is 4.14. The Bertz CT molecular complexity index is 939. The summed E-state index contributed by atoms with van der Waals surface area (Å²) in [4.78, 5) is 17.0. The number of nitrogens with one attached hydrogen (secondary N) is 1. The van der Waals surface area contributed by atoms with Crippen molar-refractivity contribution in [1.29, 1.82) is 0 Å². The number of amides is 1. The predicted octanol–water partition coefficient (Wildman–Crippen LogP) is 3.17. The van der Waals surface area contributed by atoms with Crippen LogP contribution in [0, 0.1) is 6.92 Å². The Morgan fingerprint density at radius 2 is 2.14 bits per heavy atom. The molecular weight excluding hydrogens is 300 g/mol. The first-order valence-electron chi connectivity index (χ1n) is 7.05. The summed E-state index contributed by atoms with van der Waals surface area (Å²) in [6.07, 6.45) is 1.76. The number of hydrogen-bond donors (Lipinski definition) is 1. The van der Waals surface area contributed by atoms with Crippen LogP contribution < -0.4 is 5.32 Å². The molecule has 0 saturated heterocycles. The van der Waals surface area contributed by atoms with Crippen molar-refractivity contribution in [2.24, 2.45) is 7.05 Å². The van der Waals surface area contributed by atoms with Gasteiger partial charge in [-0.1, -0.05) is 17.7 Å². The number of imidazole rings is 1. The molecule has 2 aromatic heterocycles. The molecule has 0 spiro atoms. The van der Waals surface area contributed by atoms with Gasteiger partial charge in [-0.2, -0.15) is 0 Å². The molecule has 1 aliphatic heterocycles. The van der Waals surface area contributed by atoms with Crippen molar-refractivity contribution in [2.45, 2.75) is 19.4 Å². The van der Waals surface area contributed by atoms with Crippen molar-refractivity contribution in [3.05, 3.63) is 52.7 Å². The van der Waals surface area contributed by atoms with Gasteiger partial charge in [-0.3, -0.25) is 4.57 Å². The van der Waals surface area contributed by atoms with Crippen molar-refractivity contribution in [2.75, 3.05) is 0 Å². The lowest BCUT2D eigenvalue weighted by Gasteiger charge is -2.22. The van der Waals surface area contributed by atoms with Crippen LogP contribution >= 0.6 is 11.6 Å². The van der Waals surface area contributed by atoms with Gasteiger partial charge in [0.2, 0.25) is 0 Å². The molecule has 0 aliphatic carbocycles. The third-order valence-corrected chi connectivity index (χ3v) is 4.90. The second-order valence-corrected chi connectivity index (χ2v) is 6.29. The van der Waals surface area contributed by atoms with Gasteiger partial charge in [-0.05, 0) is 32.0 Å². The standard InChI is InChI=1S/C16H15ClN4O/c1-9-14(18-8-20(9)3)16(2)13-7-10-11(17)5-4-6-12(10)21(13)15(22)19-16/h4-8H,1-3H3,(H,19,22). The van der Waals surface area contributed by atoms with E-state index in [2.05, 4.69) is 10.3 Å². The summed E-state index contributed by atoms with van der Waals surface area (Å²) in [5.74, 6) is 0. The number of aryl methyl sites for hydroxylation is 1. The topological polar surface area (TPSA) is 51.9 Å². The van der Waals surface area contributed by atoms with E-state index in [0.29, 0.717) is 5.02 Å². The summed E-state index contributed by atoms with van der Waals surface area (Å²) in [7, 11) is 1.94. The van der Waals surface area contributed by atoms with Gasteiger partial charge in [-0.25, -0.2) is 9.78 Å². The second-order valence-electron chi connectivity index (χ2n) is 5.88. The Hall–Kier alpha value is -2.27. The summed E-state index contributed by atoms with van der Waals surface area (Å²) in [6.45, 7) is 3.98. The molecule has 3 aromatic rings. The number of halogens is 1. The zero-order valence-corrected chi connectivity index (χ0v) is 13.3. The minimum Gasteiger partial charge on any atom is -0.338 e. The van der Waals surface area contributed by atoms with Gasteiger partial charge >= 0.3 is 6.03 Å². The monoisotopic (exact) mass is 314 g/mol. The number of nitrogens with zero attached hydrogens (tertiary/aromatic N) is 3. The highest BCUT2D eigenvalue weighted by Gasteiger charge is 2.44. The summed E-state index contributed by atoms with van der Waals surface area (Å²) >= 11 is 6.28. The normalized spacial score (nSPS) is 20.5. The lowest BCUT2D eigenvalue weighted by molar-refractivity contribution is 0.243. The molecule has 0 saturated carbocycles. The largest absolute Gasteiger partial charge is 0.338 e. The molecular formula is C16H15ClN4O. The minimum absolute atomic E-state index is 0.153. The summed E-state index contributed by atoms with van der Waals surface area (Å²) in [5.41, 5.74) is 2.89. The van der Waals surface area contributed by atoms with Gasteiger partial charge in [0, 0.05) is 23.2 Å². The maximum Gasteiger partial charge on any atom is 0.327 e. The van der Waals surface area contributed by atoms with Crippen LogP contribution in [-0.4, -0.2) is 20.1 Å². The molecule has 4 rings (SSSR count). The van der Waals surface area contributed by atoms with Gasteiger partial charge in [0.25, 0.3) is 0 Å². The lowest BCUT2D eigenvalue weighted by atomic mass is 9.93. The summed E-state index contributed by atoms with van der Waals surface area (Å²) < 4.78 is 3.64. The average molecular weight is 315 g/mol. The highest BCUT2D eigenvalue weighted by molar-refractivity contribution is 6.35. The van der Waals surface area contributed by atoms with Crippen LogP contribution in [-0.2, 0) is 12.6 Å². The highest BCUT2D eigenvalue weighted by atomic mass is 35.5. The quantitative estimate of drug-likeness (QED) is 0.750. The Morgan fingerprint density at radius 1 is 1.36 bits per heavy atom. The number of carbonyl (C=O) groups is 1. The fourth-order valence-corrected chi connectivity index (χ4v) is 3.50. The molecule has 3 heterocycles. The SMILES string of the molecule is Cc1c(C2(C)NC(=O)n3c2cc2c(Cl)cccc23)ncn1C. The molecule has 1 N–H and O–H groups in total. The number of rotatable bonds is 1. The molecule has 1 aliphatic rings. The molecule has 0 bridgehead atoms. The first-order chi connectivity index (χ1) is 10.4. The molecule has 5 nitrogen and oxygen atoms in total. The Balaban J connectivity index is 2.05. The van der Waals surface area contributed by atoms with Crippen LogP contribution in [0.3, 0.4) is 0 Å². The molecule has 6 heteroatoms. The van der Waals surface area contributed by atoms with E-state index in [0.717, 1.165) is 28.0 Å². The zero-order chi connectivity index (χ0) is 15.6. The van der Waals surface area contributed by atoms with Crippen LogP contribution in [0.15, 0.2) is 30.6 Å². The van der Waals surface area contributed by atoms with Crippen LogP contribution in [0.2, 0.25) is 5.02 Å². The van der Waals surface area contributed by atoms with E-state index in [4.69, 9.17) is 11.6 Å². The lowest BCUT2D eigenvalue weighted by Crippen LogP contribution is -2.38. The smallest absolute Gasteiger partial charge is 0.327 e. The van der Waals surface area contributed by atoms with E-state index < -0.39 is 5.54 Å². The first-order valence-corrected chi connectivity index (χ1v) is 7.42. The molecule has 112 valence electrons. The van der Waals surface area contributed by atoms with Gasteiger partial charge < -0.3 is 9.88 Å². The van der Waals surface area contributed by atoms with Crippen molar-refractivity contribution in [1.82, 2.24) is 19.4 Å². The number of carbonyl (C=O) groups excluding carboxylic acids is 1. The van der Waals surface area contributed by atoms with Gasteiger partial charge in [0.1, 0.15) is 5.54 Å². The van der Waals surface area contributed by atoms with Crippen LogP contribution in [0.1, 0.15) is 24.0 Å². The van der Waals surface area contributed by atoms with E-state index in [1.54, 1.807) is 10.9 Å². The van der Waals surface area contributed by atoms with Gasteiger partial charge in [-0.15, -0.1) is 0 Å². The highest BCUT2D eigenvalue weighted by Crippen LogP contribution is 2.39. The van der Waals surface area contributed by atoms with Crippen LogP contribution in [0.25, 0.3) is 10.9 Å². The van der Waals surface area contributed by atoms with E-state index in [9.17, 15) is 4.79 Å². The van der Waals surface area contributed by atoms with Crippen molar-refractivity contribution >= 4 is 28.5 Å². The fraction of sp³-hybridized carbons (Fsp3) is 0.250. The molecule has 1 aromatic carbocycles. The molecule has 1 amide bonds. The summed E-state index contributed by atoms with van der Waals surface area (Å²) in [5, 5.41) is 4.59. The molecule has 1 atom stereocenters. The first kappa shape index (κ1) is 13.4. The van der Waals surface area contributed by atoms with Crippen molar-refractivity contribution in [3.63, 3.8) is 0 Å². The maximum atomic E-state index is 12.5. The van der Waals surface area contributed by atoms with Crippen molar-refractivity contribution < 1.29 is 4.79 Å². The fourth-order valence-electron chi connectivity index (χ4n) is 3.28. The van der Waals surface area contributed by atoms with E-state index in [-0.39, 0.29) is 6.03 Å². The van der Waals surface area contributed by atoms with E-state index in [1.165, 1.54) is 0 Å². The van der Waals surface area contributed by atoms with E-state index >= 15 is 0 Å². The molecule has 0 fully saturated rings. The zero-order valence-electron chi connectivity index (χ0n) is 12.5. The number of fused-ring (bicyclic) bond motifs is 3. The Morgan fingerprint density at radius 3 is 2.82 bits per heavy atom. The molecule has 22 heavy (non-hydrogen) atoms. The van der Waals surface area contributed by atoms with Gasteiger partial charge in [0.05, 0.1) is 23.2 Å². The van der Waals surface area contributed by atoms with Gasteiger partial charge in [0.15, 0.2) is 0 Å². The third-order valence-electron chi connectivity index (χ3n) is 4.57. The predicted molar refractivity (Wildman–Crippen MR) is 85.3 cm³/mol. The third kappa shape index (κ3) is 1.49. The molecule has 0 radical (unpaired) electrons. The van der Waals surface area contributed by atoms with E-state index in [1.807, 2.05) is 49.7 Å². The van der Waals surface area contributed by atoms with Crippen LogP contribution in [0.5, 0.6) is 0 Å². The Kier molecular flexibility index (Phi) is 2.52. The minimum atomic E-state index is -0.662. The maximum absolute atomic E-state index is 12.5. The van der Waals surface area contributed by atoms with Crippen LogP contribution in [0.4, 0.5) is 4.79 Å². The molecule has 1 unspecified atom stereocenters. The number of aromatic nitrogens is 3. The van der Waals surface area contributed by atoms with Crippen molar-refractivity contribution in [3.8, 4) is 0 Å². The average Bonchev–Trinajstić information content (AvgIpc) is 3.08. The summed E-state index contributed by atoms with van der Waals surface area (Å²) in [6, 6.07) is 7.42. The number of benzene rings is 1. The Labute approximate surface area is 132 Å². The number of hydrogen-bond acceptors (Lipinski definition) is 2.